The predicted octanol–water partition coefficient (Wildman–Crippen LogP) is 5.66. The van der Waals surface area contributed by atoms with Crippen molar-refractivity contribution >= 4 is 23.3 Å². The normalized spacial score (nSPS) is 44.2. The van der Waals surface area contributed by atoms with Crippen molar-refractivity contribution in [2.24, 2.45) is 34.7 Å². The molecule has 3 aliphatic rings. The van der Waals surface area contributed by atoms with Crippen molar-refractivity contribution in [1.29, 1.82) is 0 Å². The molecular formula is C46H78N2O12S. The number of oxime groups is 1. The molecule has 61 heavy (non-hydrogen) atoms. The Morgan fingerprint density at radius 1 is 0.885 bits per heavy atom. The van der Waals surface area contributed by atoms with E-state index < -0.39 is 95.6 Å². The lowest BCUT2D eigenvalue weighted by Gasteiger charge is -2.50. The lowest BCUT2D eigenvalue weighted by atomic mass is 9.69. The third-order valence-corrected chi connectivity index (χ3v) is 14.9. The Kier molecular flexibility index (Phi) is 18.7. The van der Waals surface area contributed by atoms with Gasteiger partial charge in [0.1, 0.15) is 18.0 Å². The molecule has 18 atom stereocenters. The van der Waals surface area contributed by atoms with E-state index >= 15 is 0 Å². The van der Waals surface area contributed by atoms with Gasteiger partial charge in [-0.1, -0.05) is 76.2 Å². The third kappa shape index (κ3) is 12.1. The summed E-state index contributed by atoms with van der Waals surface area (Å²) >= 11 is 1.48. The van der Waals surface area contributed by atoms with E-state index in [9.17, 15) is 25.2 Å². The molecule has 4 rings (SSSR count). The Balaban J connectivity index is 1.88. The first-order valence-corrected chi connectivity index (χ1v) is 23.1. The highest BCUT2D eigenvalue weighted by Gasteiger charge is 2.53. The molecule has 0 amide bonds. The number of carbonyl (C=O) groups excluding carboxylic acids is 1. The zero-order valence-electron chi connectivity index (χ0n) is 39.1. The number of hydrogen-bond acceptors (Lipinski definition) is 15. The number of Topliss-reactive ketones (excluding diaryl/α,β-unsaturated/α-hetero) is 1. The molecule has 0 radical (unpaired) electrons. The van der Waals surface area contributed by atoms with Gasteiger partial charge in [0.2, 0.25) is 0 Å². The fourth-order valence-corrected chi connectivity index (χ4v) is 10.5. The minimum atomic E-state index is -1.70. The van der Waals surface area contributed by atoms with Crippen LogP contribution in [0.15, 0.2) is 40.4 Å². The summed E-state index contributed by atoms with van der Waals surface area (Å²) in [5.41, 5.74) is -3.35. The largest absolute Gasteiger partial charge is 0.389 e. The van der Waals surface area contributed by atoms with Gasteiger partial charge in [-0.15, -0.1) is 0 Å². The number of nitrogens with zero attached hydrogens (tertiary/aromatic N) is 2. The number of hydrogen-bond donors (Lipinski definition) is 4. The average Bonchev–Trinajstić information content (AvgIpc) is 3.22. The average molecular weight is 883 g/mol. The zero-order chi connectivity index (χ0) is 45.6. The van der Waals surface area contributed by atoms with Crippen LogP contribution in [-0.4, -0.2) is 149 Å². The van der Waals surface area contributed by atoms with Crippen molar-refractivity contribution in [1.82, 2.24) is 4.90 Å². The molecule has 3 fully saturated rings. The van der Waals surface area contributed by atoms with Gasteiger partial charge in [-0.3, -0.25) is 4.79 Å². The van der Waals surface area contributed by atoms with Crippen molar-refractivity contribution in [2.75, 3.05) is 34.3 Å². The van der Waals surface area contributed by atoms with Crippen LogP contribution < -0.4 is 0 Å². The molecule has 1 saturated carbocycles. The fourth-order valence-electron chi connectivity index (χ4n) is 9.91. The lowest BCUT2D eigenvalue weighted by molar-refractivity contribution is -0.318. The number of thioether (sulfide) groups is 1. The topological polar surface area (TPSA) is 178 Å². The summed E-state index contributed by atoms with van der Waals surface area (Å²) in [6.45, 7) is 18.5. The van der Waals surface area contributed by atoms with Gasteiger partial charge >= 0.3 is 0 Å². The summed E-state index contributed by atoms with van der Waals surface area (Å²) in [6, 6.07) is 9.56. The predicted molar refractivity (Wildman–Crippen MR) is 235 cm³/mol. The quantitative estimate of drug-likeness (QED) is 0.0876. The van der Waals surface area contributed by atoms with E-state index in [4.69, 9.17) is 33.3 Å². The fraction of sp³-hybridized carbons (Fsp3) is 0.826. The number of ketones is 1. The van der Waals surface area contributed by atoms with Crippen molar-refractivity contribution in [2.45, 2.75) is 184 Å². The molecule has 15 heteroatoms. The molecule has 2 saturated heterocycles. The smallest absolute Gasteiger partial charge is 0.185 e. The monoisotopic (exact) mass is 883 g/mol. The first-order chi connectivity index (χ1) is 28.5. The highest BCUT2D eigenvalue weighted by atomic mass is 32.2. The molecule has 4 N–H and O–H groups in total. The third-order valence-electron chi connectivity index (χ3n) is 14.1. The van der Waals surface area contributed by atoms with Crippen molar-refractivity contribution in [3.05, 3.63) is 30.3 Å². The first kappa shape index (κ1) is 51.9. The van der Waals surface area contributed by atoms with Crippen molar-refractivity contribution in [3.8, 4) is 0 Å². The summed E-state index contributed by atoms with van der Waals surface area (Å²) < 4.78 is 39.0. The van der Waals surface area contributed by atoms with Gasteiger partial charge in [0.05, 0.1) is 53.0 Å². The summed E-state index contributed by atoms with van der Waals surface area (Å²) in [6.07, 6.45) is -6.47. The highest BCUT2D eigenvalue weighted by molar-refractivity contribution is 7.99. The summed E-state index contributed by atoms with van der Waals surface area (Å²) in [7, 11) is 6.97. The van der Waals surface area contributed by atoms with E-state index in [1.807, 2.05) is 97.8 Å². The Morgan fingerprint density at radius 2 is 1.52 bits per heavy atom. The van der Waals surface area contributed by atoms with Gasteiger partial charge in [-0.05, 0) is 79.6 Å². The molecule has 0 spiro atoms. The van der Waals surface area contributed by atoms with Crippen LogP contribution in [0.2, 0.25) is 0 Å². The summed E-state index contributed by atoms with van der Waals surface area (Å²) in [5.74, 6) is -3.12. The van der Waals surface area contributed by atoms with Gasteiger partial charge in [0.15, 0.2) is 18.5 Å². The number of likely N-dealkylation sites (N-methyl/N-ethyl adjacent to an activating group) is 1. The molecule has 1 aliphatic carbocycles. The van der Waals surface area contributed by atoms with Crippen LogP contribution in [0.5, 0.6) is 0 Å². The maximum absolute atomic E-state index is 14.7. The van der Waals surface area contributed by atoms with Gasteiger partial charge in [-0.25, -0.2) is 0 Å². The van der Waals surface area contributed by atoms with Crippen LogP contribution in [0.1, 0.15) is 101 Å². The molecular weight excluding hydrogens is 805 g/mol. The lowest BCUT2D eigenvalue weighted by Crippen LogP contribution is -2.61. The standard InChI is InChI=1S/C46H78N2O12S/c1-15-32-22-35(49)28(4)39(59-36-24-44(8,54-13)41(52)31(7)58-36)30(6)42(60-43-38(50)34(48(11)12)21-27(3)57-43)45(9,55-14)23-26(2)37(29(5)40(51)46(32,10)53)47-56-25-61-33-19-17-16-18-20-33/h16-20,26-32,34,36,38-43,50-53H,15,21-25H2,1-14H3/b47-37+/t26-,27-,28+,29+,30+,31+,32+,34+,36+,38-,39-,40-,41+,42-,43+,44-,45-,46-/m1/s1. The van der Waals surface area contributed by atoms with E-state index in [1.165, 1.54) is 18.9 Å². The van der Waals surface area contributed by atoms with Crippen LogP contribution in [0.4, 0.5) is 0 Å². The Labute approximate surface area is 369 Å². The Hall–Kier alpha value is -1.73. The number of rotatable bonds is 12. The first-order valence-electron chi connectivity index (χ1n) is 22.1. The molecule has 2 aliphatic heterocycles. The SMILES string of the molecule is CC[C@H]1CC(=O)[C@H](C)[C@@H](O[C@H]2C[C@@](C)(OC)[C@@H](O)[C@H](C)O2)[C@H](C)[C@@H](O[C@@H]2O[C@H](C)C[C@H](N(C)C)[C@H]2O)[C@](C)(OC)C[C@@H](C)/C(=N\OCSc2ccccc2)[C@H](C)[C@@H](O)[C@]1(C)O. The summed E-state index contributed by atoms with van der Waals surface area (Å²) in [5, 5.41) is 51.9. The number of carbonyl (C=O) groups is 1. The van der Waals surface area contributed by atoms with Crippen LogP contribution in [0.3, 0.4) is 0 Å². The minimum absolute atomic E-state index is 0.0523. The highest BCUT2D eigenvalue weighted by Crippen LogP contribution is 2.43. The second-order valence-corrected chi connectivity index (χ2v) is 19.9. The van der Waals surface area contributed by atoms with Crippen molar-refractivity contribution in [3.63, 3.8) is 0 Å². The van der Waals surface area contributed by atoms with Gasteiger partial charge in [-0.2, -0.15) is 0 Å². The summed E-state index contributed by atoms with van der Waals surface area (Å²) in [4.78, 5) is 23.7. The van der Waals surface area contributed by atoms with Crippen molar-refractivity contribution < 1.29 is 58.5 Å². The molecule has 14 nitrogen and oxygen atoms in total. The van der Waals surface area contributed by atoms with Crippen LogP contribution >= 0.6 is 11.8 Å². The van der Waals surface area contributed by atoms with Crippen LogP contribution in [0, 0.1) is 29.6 Å². The Morgan fingerprint density at radius 3 is 2.11 bits per heavy atom. The van der Waals surface area contributed by atoms with E-state index in [1.54, 1.807) is 27.9 Å². The number of aliphatic hydroxyl groups excluding tert-OH is 3. The van der Waals surface area contributed by atoms with E-state index in [0.29, 0.717) is 18.6 Å². The molecule has 1 aromatic carbocycles. The van der Waals surface area contributed by atoms with Gasteiger partial charge < -0.3 is 58.6 Å². The molecule has 0 unspecified atom stereocenters. The van der Waals surface area contributed by atoms with Crippen LogP contribution in [-0.2, 0) is 38.1 Å². The Bertz CT molecular complexity index is 1560. The molecule has 0 bridgehead atoms. The number of aliphatic hydroxyl groups is 4. The van der Waals surface area contributed by atoms with E-state index in [0.717, 1.165) is 4.90 Å². The maximum Gasteiger partial charge on any atom is 0.185 e. The second-order valence-electron chi connectivity index (χ2n) is 18.9. The molecule has 350 valence electrons. The molecule has 2 heterocycles. The number of benzene rings is 1. The zero-order valence-corrected chi connectivity index (χ0v) is 40.0. The molecule has 0 aromatic heterocycles. The number of ether oxygens (including phenoxy) is 6. The second kappa shape index (κ2) is 22.0. The molecule has 1 aromatic rings. The number of methoxy groups -OCH3 is 2. The van der Waals surface area contributed by atoms with Crippen LogP contribution in [0.25, 0.3) is 0 Å². The minimum Gasteiger partial charge on any atom is -0.389 e. The van der Waals surface area contributed by atoms with E-state index in [-0.39, 0.29) is 43.1 Å². The van der Waals surface area contributed by atoms with Gasteiger partial charge in [0, 0.05) is 61.7 Å². The maximum atomic E-state index is 14.7. The van der Waals surface area contributed by atoms with E-state index in [2.05, 4.69) is 5.16 Å². The van der Waals surface area contributed by atoms with Gasteiger partial charge in [0.25, 0.3) is 0 Å².